The molecule has 1 heterocycles. The largest absolute Gasteiger partial charge is 0.311 e. The molecule has 1 N–H and O–H groups in total. The molecule has 0 aliphatic heterocycles. The second-order valence-electron chi connectivity index (χ2n) is 5.17. The number of rotatable bonds is 5. The van der Waals surface area contributed by atoms with E-state index >= 15 is 0 Å². The third-order valence-corrected chi connectivity index (χ3v) is 3.54. The summed E-state index contributed by atoms with van der Waals surface area (Å²) in [6, 6.07) is 8.66. The van der Waals surface area contributed by atoms with Crippen molar-refractivity contribution in [3.63, 3.8) is 0 Å². The van der Waals surface area contributed by atoms with Crippen molar-refractivity contribution in [2.75, 3.05) is 6.54 Å². The highest BCUT2D eigenvalue weighted by Gasteiger charge is 2.03. The average Bonchev–Trinajstić information content (AvgIpc) is 2.42. The molecule has 3 heteroatoms. The third kappa shape index (κ3) is 3.81. The van der Waals surface area contributed by atoms with Crippen molar-refractivity contribution in [1.29, 1.82) is 0 Å². The van der Waals surface area contributed by atoms with Gasteiger partial charge in [-0.1, -0.05) is 42.8 Å². The van der Waals surface area contributed by atoms with Gasteiger partial charge in [-0.15, -0.1) is 0 Å². The van der Waals surface area contributed by atoms with Gasteiger partial charge >= 0.3 is 0 Å². The molecule has 2 aromatic rings. The first-order chi connectivity index (χ1) is 9.60. The van der Waals surface area contributed by atoms with Gasteiger partial charge in [-0.3, -0.25) is 0 Å². The van der Waals surface area contributed by atoms with E-state index in [1.165, 1.54) is 5.56 Å². The molecule has 0 fully saturated rings. The summed E-state index contributed by atoms with van der Waals surface area (Å²) in [6.07, 6.45) is 5.30. The van der Waals surface area contributed by atoms with Gasteiger partial charge in [0, 0.05) is 17.0 Å². The van der Waals surface area contributed by atoms with Crippen LogP contribution in [0.1, 0.15) is 31.4 Å². The number of aromatic nitrogens is 1. The Morgan fingerprint density at radius 2 is 2.15 bits per heavy atom. The summed E-state index contributed by atoms with van der Waals surface area (Å²) >= 11 is 6.26. The standard InChI is InChI=1S/C17H21ClN2/c1-4-9-19-13(3)6-8-15-11-14-7-5-12(2)10-16(14)20-17(15)18/h5-8,10-11,13,19H,4,9H2,1-3H3/b8-6+. The maximum atomic E-state index is 6.26. The molecule has 2 nitrogen and oxygen atoms in total. The lowest BCUT2D eigenvalue weighted by Crippen LogP contribution is -2.24. The second kappa shape index (κ2) is 6.87. The first-order valence-corrected chi connectivity index (χ1v) is 7.46. The predicted molar refractivity (Wildman–Crippen MR) is 88.3 cm³/mol. The molecule has 20 heavy (non-hydrogen) atoms. The van der Waals surface area contributed by atoms with Crippen LogP contribution in [-0.2, 0) is 0 Å². The molecular formula is C17H21ClN2. The van der Waals surface area contributed by atoms with Crippen LogP contribution in [0.4, 0.5) is 0 Å². The average molecular weight is 289 g/mol. The highest BCUT2D eigenvalue weighted by atomic mass is 35.5. The van der Waals surface area contributed by atoms with Crippen molar-refractivity contribution in [1.82, 2.24) is 10.3 Å². The quantitative estimate of drug-likeness (QED) is 0.814. The summed E-state index contributed by atoms with van der Waals surface area (Å²) in [6.45, 7) is 7.38. The zero-order chi connectivity index (χ0) is 14.5. The van der Waals surface area contributed by atoms with E-state index in [0.717, 1.165) is 29.4 Å². The van der Waals surface area contributed by atoms with Gasteiger partial charge in [0.25, 0.3) is 0 Å². The van der Waals surface area contributed by atoms with E-state index < -0.39 is 0 Å². The van der Waals surface area contributed by atoms with Crippen molar-refractivity contribution in [2.24, 2.45) is 0 Å². The molecule has 0 saturated heterocycles. The summed E-state index contributed by atoms with van der Waals surface area (Å²) in [5.41, 5.74) is 3.11. The highest BCUT2D eigenvalue weighted by molar-refractivity contribution is 6.31. The minimum Gasteiger partial charge on any atom is -0.311 e. The maximum Gasteiger partial charge on any atom is 0.136 e. The lowest BCUT2D eigenvalue weighted by atomic mass is 10.1. The van der Waals surface area contributed by atoms with E-state index in [-0.39, 0.29) is 0 Å². The minimum atomic E-state index is 0.333. The molecular weight excluding hydrogens is 268 g/mol. The van der Waals surface area contributed by atoms with Crippen LogP contribution in [0.15, 0.2) is 30.3 Å². The van der Waals surface area contributed by atoms with Gasteiger partial charge in [0.1, 0.15) is 5.15 Å². The number of fused-ring (bicyclic) bond motifs is 1. The van der Waals surface area contributed by atoms with Crippen molar-refractivity contribution in [2.45, 2.75) is 33.2 Å². The topological polar surface area (TPSA) is 24.9 Å². The Bertz CT molecular complexity index is 620. The van der Waals surface area contributed by atoms with Crippen molar-refractivity contribution >= 4 is 28.6 Å². The molecule has 0 amide bonds. The molecule has 0 bridgehead atoms. The van der Waals surface area contributed by atoms with E-state index in [2.05, 4.69) is 61.4 Å². The second-order valence-corrected chi connectivity index (χ2v) is 5.52. The summed E-state index contributed by atoms with van der Waals surface area (Å²) in [4.78, 5) is 4.47. The summed E-state index contributed by atoms with van der Waals surface area (Å²) < 4.78 is 0. The van der Waals surface area contributed by atoms with Gasteiger partial charge in [0.05, 0.1) is 5.52 Å². The van der Waals surface area contributed by atoms with Crippen molar-refractivity contribution in [3.05, 3.63) is 46.6 Å². The number of nitrogens with one attached hydrogen (secondary N) is 1. The van der Waals surface area contributed by atoms with E-state index in [4.69, 9.17) is 11.6 Å². The molecule has 0 saturated carbocycles. The van der Waals surface area contributed by atoms with E-state index in [1.807, 2.05) is 6.08 Å². The molecule has 2 rings (SSSR count). The van der Waals surface area contributed by atoms with Gasteiger partial charge in [0.2, 0.25) is 0 Å². The van der Waals surface area contributed by atoms with E-state index in [9.17, 15) is 0 Å². The fraction of sp³-hybridized carbons (Fsp3) is 0.353. The molecule has 0 aliphatic carbocycles. The Labute approximate surface area is 125 Å². The predicted octanol–water partition coefficient (Wildman–Crippen LogP) is 4.60. The maximum absolute atomic E-state index is 6.26. The zero-order valence-electron chi connectivity index (χ0n) is 12.3. The first kappa shape index (κ1) is 15.0. The van der Waals surface area contributed by atoms with Crippen molar-refractivity contribution < 1.29 is 0 Å². The number of nitrogens with zero attached hydrogens (tertiary/aromatic N) is 1. The lowest BCUT2D eigenvalue weighted by Gasteiger charge is -2.08. The van der Waals surface area contributed by atoms with Crippen LogP contribution in [0.5, 0.6) is 0 Å². The molecule has 1 aromatic heterocycles. The number of aryl methyl sites for hydroxylation is 1. The molecule has 0 aliphatic rings. The van der Waals surface area contributed by atoms with Crippen LogP contribution in [0.2, 0.25) is 5.15 Å². The molecule has 1 atom stereocenters. The van der Waals surface area contributed by atoms with Crippen LogP contribution in [0.3, 0.4) is 0 Å². The molecule has 1 unspecified atom stereocenters. The summed E-state index contributed by atoms with van der Waals surface area (Å²) in [5.74, 6) is 0. The van der Waals surface area contributed by atoms with E-state index in [1.54, 1.807) is 0 Å². The van der Waals surface area contributed by atoms with Gasteiger partial charge in [-0.05, 0) is 44.5 Å². The minimum absolute atomic E-state index is 0.333. The van der Waals surface area contributed by atoms with Crippen LogP contribution < -0.4 is 5.32 Å². The zero-order valence-corrected chi connectivity index (χ0v) is 13.0. The normalized spacial score (nSPS) is 13.2. The summed E-state index contributed by atoms with van der Waals surface area (Å²) in [7, 11) is 0. The van der Waals surface area contributed by atoms with Crippen molar-refractivity contribution in [3.8, 4) is 0 Å². The SMILES string of the molecule is CCCNC(C)/C=C/c1cc2ccc(C)cc2nc1Cl. The van der Waals surface area contributed by atoms with Gasteiger partial charge < -0.3 is 5.32 Å². The Hall–Kier alpha value is -1.38. The van der Waals surface area contributed by atoms with Crippen LogP contribution in [0, 0.1) is 6.92 Å². The van der Waals surface area contributed by atoms with Crippen LogP contribution >= 0.6 is 11.6 Å². The molecule has 1 aromatic carbocycles. The fourth-order valence-corrected chi connectivity index (χ4v) is 2.28. The van der Waals surface area contributed by atoms with Crippen LogP contribution in [0.25, 0.3) is 17.0 Å². The van der Waals surface area contributed by atoms with Gasteiger partial charge in [-0.2, -0.15) is 0 Å². The molecule has 0 radical (unpaired) electrons. The number of hydrogen-bond acceptors (Lipinski definition) is 2. The van der Waals surface area contributed by atoms with Crippen LogP contribution in [-0.4, -0.2) is 17.6 Å². The number of halogens is 1. The number of hydrogen-bond donors (Lipinski definition) is 1. The number of pyridine rings is 1. The first-order valence-electron chi connectivity index (χ1n) is 7.08. The van der Waals surface area contributed by atoms with Gasteiger partial charge in [-0.25, -0.2) is 4.98 Å². The Kier molecular flexibility index (Phi) is 5.16. The number of benzene rings is 1. The Morgan fingerprint density at radius 3 is 2.90 bits per heavy atom. The van der Waals surface area contributed by atoms with Gasteiger partial charge in [0.15, 0.2) is 0 Å². The third-order valence-electron chi connectivity index (χ3n) is 3.23. The Morgan fingerprint density at radius 1 is 1.35 bits per heavy atom. The molecule has 106 valence electrons. The lowest BCUT2D eigenvalue weighted by molar-refractivity contribution is 0.625. The monoisotopic (exact) mass is 288 g/mol. The van der Waals surface area contributed by atoms with E-state index in [0.29, 0.717) is 11.2 Å². The smallest absolute Gasteiger partial charge is 0.136 e. The fourth-order valence-electron chi connectivity index (χ4n) is 2.07. The highest BCUT2D eigenvalue weighted by Crippen LogP contribution is 2.22. The Balaban J connectivity index is 2.24. The molecule has 0 spiro atoms. The summed E-state index contributed by atoms with van der Waals surface area (Å²) in [5, 5.41) is 5.09.